The van der Waals surface area contributed by atoms with E-state index in [1.165, 1.54) is 6.07 Å². The third kappa shape index (κ3) is 2.54. The highest BCUT2D eigenvalue weighted by atomic mass is 19.1. The third-order valence-corrected chi connectivity index (χ3v) is 1.88. The van der Waals surface area contributed by atoms with Crippen LogP contribution in [0.2, 0.25) is 0 Å². The first kappa shape index (κ1) is 9.71. The molecule has 0 fully saturated rings. The minimum absolute atomic E-state index is 0.190. The van der Waals surface area contributed by atoms with Gasteiger partial charge in [0.1, 0.15) is 5.82 Å². The number of nitrogens with zero attached hydrogens (tertiary/aromatic N) is 2. The minimum Gasteiger partial charge on any atom is -0.293 e. The summed E-state index contributed by atoms with van der Waals surface area (Å²) in [6.07, 6.45) is 0. The standard InChI is InChI=1S/C10H13FN2/c1-3-13(12-2)8-9-6-4-5-7-10(9)11/h4-7H,2-3,8H2,1H3. The first-order valence-corrected chi connectivity index (χ1v) is 4.23. The Morgan fingerprint density at radius 1 is 1.46 bits per heavy atom. The fourth-order valence-corrected chi connectivity index (χ4v) is 1.09. The van der Waals surface area contributed by atoms with Crippen molar-refractivity contribution in [2.45, 2.75) is 13.5 Å². The summed E-state index contributed by atoms with van der Waals surface area (Å²) < 4.78 is 13.1. The number of benzene rings is 1. The highest BCUT2D eigenvalue weighted by Crippen LogP contribution is 2.09. The van der Waals surface area contributed by atoms with Crippen molar-refractivity contribution in [3.63, 3.8) is 0 Å². The second-order valence-corrected chi connectivity index (χ2v) is 2.71. The van der Waals surface area contributed by atoms with Gasteiger partial charge in [-0.2, -0.15) is 5.10 Å². The molecule has 0 aliphatic carbocycles. The van der Waals surface area contributed by atoms with Gasteiger partial charge in [-0.25, -0.2) is 4.39 Å². The van der Waals surface area contributed by atoms with Crippen molar-refractivity contribution < 1.29 is 4.39 Å². The molecular weight excluding hydrogens is 167 g/mol. The molecule has 0 aliphatic rings. The first-order chi connectivity index (χ1) is 6.27. The highest BCUT2D eigenvalue weighted by Gasteiger charge is 2.03. The van der Waals surface area contributed by atoms with E-state index in [2.05, 4.69) is 11.8 Å². The number of halogens is 1. The summed E-state index contributed by atoms with van der Waals surface area (Å²) in [7, 11) is 0. The van der Waals surface area contributed by atoms with Gasteiger partial charge < -0.3 is 0 Å². The van der Waals surface area contributed by atoms with Gasteiger partial charge >= 0.3 is 0 Å². The molecule has 70 valence electrons. The van der Waals surface area contributed by atoms with Crippen LogP contribution in [0.5, 0.6) is 0 Å². The number of hydrazone groups is 1. The van der Waals surface area contributed by atoms with Crippen molar-refractivity contribution in [1.29, 1.82) is 0 Å². The molecule has 2 nitrogen and oxygen atoms in total. The van der Waals surface area contributed by atoms with Crippen LogP contribution >= 0.6 is 0 Å². The van der Waals surface area contributed by atoms with Crippen molar-refractivity contribution in [2.75, 3.05) is 6.54 Å². The SMILES string of the molecule is C=NN(CC)Cc1ccccc1F. The van der Waals surface area contributed by atoms with E-state index in [4.69, 9.17) is 0 Å². The average molecular weight is 180 g/mol. The lowest BCUT2D eigenvalue weighted by Crippen LogP contribution is -2.16. The van der Waals surface area contributed by atoms with E-state index >= 15 is 0 Å². The zero-order valence-electron chi connectivity index (χ0n) is 7.70. The Balaban J connectivity index is 2.73. The van der Waals surface area contributed by atoms with E-state index in [9.17, 15) is 4.39 Å². The first-order valence-electron chi connectivity index (χ1n) is 4.23. The summed E-state index contributed by atoms with van der Waals surface area (Å²) in [6, 6.07) is 6.70. The van der Waals surface area contributed by atoms with E-state index in [1.54, 1.807) is 17.1 Å². The van der Waals surface area contributed by atoms with Crippen LogP contribution in [0.3, 0.4) is 0 Å². The molecule has 1 rings (SSSR count). The monoisotopic (exact) mass is 180 g/mol. The lowest BCUT2D eigenvalue weighted by atomic mass is 10.2. The van der Waals surface area contributed by atoms with Crippen molar-refractivity contribution in [3.05, 3.63) is 35.6 Å². The second kappa shape index (κ2) is 4.60. The highest BCUT2D eigenvalue weighted by molar-refractivity contribution is 5.23. The molecule has 0 heterocycles. The molecule has 1 aromatic carbocycles. The summed E-state index contributed by atoms with van der Waals surface area (Å²) in [5.74, 6) is -0.190. The topological polar surface area (TPSA) is 15.6 Å². The van der Waals surface area contributed by atoms with Crippen LogP contribution in [0, 0.1) is 5.82 Å². The number of hydrogen-bond acceptors (Lipinski definition) is 2. The van der Waals surface area contributed by atoms with Crippen LogP contribution < -0.4 is 0 Å². The van der Waals surface area contributed by atoms with Crippen LogP contribution in [0.25, 0.3) is 0 Å². The van der Waals surface area contributed by atoms with Gasteiger partial charge in [-0.15, -0.1) is 0 Å². The molecule has 0 N–H and O–H groups in total. The summed E-state index contributed by atoms with van der Waals surface area (Å²) >= 11 is 0. The van der Waals surface area contributed by atoms with E-state index in [0.717, 1.165) is 6.54 Å². The van der Waals surface area contributed by atoms with Crippen LogP contribution in [0.15, 0.2) is 29.4 Å². The molecule has 0 atom stereocenters. The largest absolute Gasteiger partial charge is 0.293 e. The van der Waals surface area contributed by atoms with Crippen LogP contribution in [-0.4, -0.2) is 18.3 Å². The van der Waals surface area contributed by atoms with Crippen LogP contribution in [0.1, 0.15) is 12.5 Å². The van der Waals surface area contributed by atoms with Crippen LogP contribution in [0.4, 0.5) is 4.39 Å². The fourth-order valence-electron chi connectivity index (χ4n) is 1.09. The molecule has 0 saturated carbocycles. The summed E-state index contributed by atoms with van der Waals surface area (Å²) in [5.41, 5.74) is 0.650. The molecule has 0 unspecified atom stereocenters. The minimum atomic E-state index is -0.190. The second-order valence-electron chi connectivity index (χ2n) is 2.71. The predicted molar refractivity (Wildman–Crippen MR) is 52.0 cm³/mol. The molecule has 0 aromatic heterocycles. The molecule has 0 amide bonds. The average Bonchev–Trinajstić information content (AvgIpc) is 2.17. The molecule has 0 saturated heterocycles. The van der Waals surface area contributed by atoms with Gasteiger partial charge in [0.25, 0.3) is 0 Å². The quantitative estimate of drug-likeness (QED) is 0.512. The van der Waals surface area contributed by atoms with Crippen molar-refractivity contribution in [2.24, 2.45) is 5.10 Å². The summed E-state index contributed by atoms with van der Waals surface area (Å²) in [6.45, 7) is 6.58. The maximum atomic E-state index is 13.1. The maximum absolute atomic E-state index is 13.1. The normalized spacial score (nSPS) is 9.69. The van der Waals surface area contributed by atoms with E-state index in [0.29, 0.717) is 12.1 Å². The molecule has 0 bridgehead atoms. The van der Waals surface area contributed by atoms with Gasteiger partial charge in [0, 0.05) is 18.8 Å². The molecule has 0 aliphatic heterocycles. The smallest absolute Gasteiger partial charge is 0.128 e. The van der Waals surface area contributed by atoms with Crippen molar-refractivity contribution >= 4 is 6.72 Å². The van der Waals surface area contributed by atoms with Crippen LogP contribution in [-0.2, 0) is 6.54 Å². The number of rotatable bonds is 4. The Kier molecular flexibility index (Phi) is 3.43. The van der Waals surface area contributed by atoms with E-state index < -0.39 is 0 Å². The Morgan fingerprint density at radius 2 is 2.15 bits per heavy atom. The lowest BCUT2D eigenvalue weighted by Gasteiger charge is -2.15. The van der Waals surface area contributed by atoms with Gasteiger partial charge in [-0.3, -0.25) is 5.01 Å². The summed E-state index contributed by atoms with van der Waals surface area (Å²) in [5, 5.41) is 5.47. The molecule has 0 spiro atoms. The van der Waals surface area contributed by atoms with Gasteiger partial charge in [0.05, 0.1) is 6.54 Å². The van der Waals surface area contributed by atoms with E-state index in [-0.39, 0.29) is 5.82 Å². The Morgan fingerprint density at radius 3 is 2.69 bits per heavy atom. The maximum Gasteiger partial charge on any atom is 0.128 e. The molecule has 0 radical (unpaired) electrons. The predicted octanol–water partition coefficient (Wildman–Crippen LogP) is 2.26. The van der Waals surface area contributed by atoms with Gasteiger partial charge in [-0.1, -0.05) is 18.2 Å². The Bertz CT molecular complexity index is 286. The third-order valence-electron chi connectivity index (χ3n) is 1.88. The zero-order chi connectivity index (χ0) is 9.68. The summed E-state index contributed by atoms with van der Waals surface area (Å²) in [4.78, 5) is 0. The van der Waals surface area contributed by atoms with Gasteiger partial charge in [0.15, 0.2) is 0 Å². The van der Waals surface area contributed by atoms with Gasteiger partial charge in [0.2, 0.25) is 0 Å². The molecule has 3 heteroatoms. The van der Waals surface area contributed by atoms with E-state index in [1.807, 2.05) is 13.0 Å². The van der Waals surface area contributed by atoms with Gasteiger partial charge in [-0.05, 0) is 13.0 Å². The molecule has 13 heavy (non-hydrogen) atoms. The molecule has 1 aromatic rings. The van der Waals surface area contributed by atoms with Crippen molar-refractivity contribution in [1.82, 2.24) is 5.01 Å². The van der Waals surface area contributed by atoms with Crippen molar-refractivity contribution in [3.8, 4) is 0 Å². The Labute approximate surface area is 77.7 Å². The number of hydrogen-bond donors (Lipinski definition) is 0. The lowest BCUT2D eigenvalue weighted by molar-refractivity contribution is 0.294. The fraction of sp³-hybridized carbons (Fsp3) is 0.300. The Hall–Kier alpha value is -1.38. The molecular formula is C10H13FN2. The zero-order valence-corrected chi connectivity index (χ0v) is 7.70.